The van der Waals surface area contributed by atoms with E-state index in [1.165, 1.54) is 4.88 Å². The number of aryl methyl sites for hydroxylation is 1. The zero-order chi connectivity index (χ0) is 15.6. The summed E-state index contributed by atoms with van der Waals surface area (Å²) in [4.78, 5) is 17.9. The van der Waals surface area contributed by atoms with E-state index >= 15 is 0 Å². The van der Waals surface area contributed by atoms with Crippen LogP contribution < -0.4 is 10.2 Å². The zero-order valence-electron chi connectivity index (χ0n) is 13.1. The Balaban J connectivity index is 1.45. The molecule has 3 aromatic heterocycles. The highest BCUT2D eigenvalue weighted by Gasteiger charge is 2.21. The summed E-state index contributed by atoms with van der Waals surface area (Å²) in [6, 6.07) is 8.71. The van der Waals surface area contributed by atoms with Gasteiger partial charge >= 0.3 is 0 Å². The fourth-order valence-corrected chi connectivity index (χ4v) is 3.93. The topological polar surface area (TPSA) is 53.9 Å². The smallest absolute Gasteiger partial charge is 0.138 e. The molecule has 0 aromatic carbocycles. The number of nitrogens with one attached hydrogen (secondary N) is 1. The number of aromatic nitrogens is 3. The van der Waals surface area contributed by atoms with Gasteiger partial charge in [-0.25, -0.2) is 15.0 Å². The van der Waals surface area contributed by atoms with E-state index in [9.17, 15) is 0 Å². The summed E-state index contributed by atoms with van der Waals surface area (Å²) in [6.07, 6.45) is 5.69. The Bertz CT molecular complexity index is 793. The van der Waals surface area contributed by atoms with Crippen molar-refractivity contribution in [3.05, 3.63) is 41.7 Å². The van der Waals surface area contributed by atoms with Crippen LogP contribution in [0.25, 0.3) is 10.2 Å². The Hall–Kier alpha value is -2.21. The number of fused-ring (bicyclic) bond motifs is 1. The summed E-state index contributed by atoms with van der Waals surface area (Å²) < 4.78 is 0. The molecule has 1 aliphatic heterocycles. The minimum Gasteiger partial charge on any atom is -0.367 e. The molecule has 5 nitrogen and oxygen atoms in total. The summed E-state index contributed by atoms with van der Waals surface area (Å²) in [6.45, 7) is 4.15. The quantitative estimate of drug-likeness (QED) is 0.799. The van der Waals surface area contributed by atoms with Gasteiger partial charge in [0.15, 0.2) is 0 Å². The molecule has 0 spiro atoms. The van der Waals surface area contributed by atoms with Gasteiger partial charge in [-0.1, -0.05) is 6.07 Å². The van der Waals surface area contributed by atoms with Crippen LogP contribution in [-0.2, 0) is 0 Å². The average molecular weight is 325 g/mol. The fraction of sp³-hybridized carbons (Fsp3) is 0.353. The van der Waals surface area contributed by atoms with Gasteiger partial charge in [-0.2, -0.15) is 0 Å². The molecule has 6 heteroatoms. The summed E-state index contributed by atoms with van der Waals surface area (Å²) in [5.74, 6) is 2.04. The lowest BCUT2D eigenvalue weighted by Gasteiger charge is -2.33. The molecular formula is C17H19N5S. The molecule has 0 unspecified atom stereocenters. The van der Waals surface area contributed by atoms with Crippen molar-refractivity contribution in [1.82, 2.24) is 15.0 Å². The number of pyridine rings is 1. The van der Waals surface area contributed by atoms with Crippen molar-refractivity contribution in [3.8, 4) is 0 Å². The van der Waals surface area contributed by atoms with Gasteiger partial charge in [0, 0.05) is 30.2 Å². The Morgan fingerprint density at radius 1 is 1.17 bits per heavy atom. The third kappa shape index (κ3) is 2.99. The molecule has 0 aliphatic carbocycles. The first-order valence-corrected chi connectivity index (χ1v) is 8.75. The molecule has 0 radical (unpaired) electrons. The van der Waals surface area contributed by atoms with Crippen LogP contribution in [0.2, 0.25) is 0 Å². The molecule has 1 saturated heterocycles. The Morgan fingerprint density at radius 3 is 2.83 bits per heavy atom. The van der Waals surface area contributed by atoms with E-state index in [2.05, 4.69) is 44.2 Å². The summed E-state index contributed by atoms with van der Waals surface area (Å²) in [5.41, 5.74) is 0. The van der Waals surface area contributed by atoms with Crippen LogP contribution in [-0.4, -0.2) is 34.1 Å². The number of thiophene rings is 1. The van der Waals surface area contributed by atoms with Crippen molar-refractivity contribution >= 4 is 33.2 Å². The van der Waals surface area contributed by atoms with E-state index in [1.807, 2.05) is 18.3 Å². The lowest BCUT2D eigenvalue weighted by atomic mass is 10.0. The van der Waals surface area contributed by atoms with Gasteiger partial charge in [0.2, 0.25) is 0 Å². The Kier molecular flexibility index (Phi) is 3.83. The van der Waals surface area contributed by atoms with Crippen LogP contribution in [0.3, 0.4) is 0 Å². The van der Waals surface area contributed by atoms with Gasteiger partial charge < -0.3 is 10.2 Å². The van der Waals surface area contributed by atoms with Crippen LogP contribution in [0.5, 0.6) is 0 Å². The highest BCUT2D eigenvalue weighted by Crippen LogP contribution is 2.29. The first-order valence-electron chi connectivity index (χ1n) is 7.93. The van der Waals surface area contributed by atoms with Crippen LogP contribution in [0.4, 0.5) is 11.6 Å². The van der Waals surface area contributed by atoms with Gasteiger partial charge in [0.1, 0.15) is 22.8 Å². The fourth-order valence-electron chi connectivity index (χ4n) is 3.08. The molecule has 4 rings (SSSR count). The normalized spacial score (nSPS) is 16.0. The maximum atomic E-state index is 4.45. The van der Waals surface area contributed by atoms with Crippen molar-refractivity contribution in [2.24, 2.45) is 0 Å². The third-order valence-corrected chi connectivity index (χ3v) is 5.22. The minimum absolute atomic E-state index is 0.452. The SMILES string of the molecule is Cc1cc2c(NC3CCN(c4ccccn4)CC3)ncnc2s1. The molecular weight excluding hydrogens is 306 g/mol. The molecule has 1 fully saturated rings. The summed E-state index contributed by atoms with van der Waals surface area (Å²) in [7, 11) is 0. The third-order valence-electron chi connectivity index (χ3n) is 4.26. The molecule has 0 bridgehead atoms. The number of piperidine rings is 1. The summed E-state index contributed by atoms with van der Waals surface area (Å²) in [5, 5.41) is 4.76. The van der Waals surface area contributed by atoms with Crippen molar-refractivity contribution in [2.45, 2.75) is 25.8 Å². The predicted molar refractivity (Wildman–Crippen MR) is 95.2 cm³/mol. The number of rotatable bonds is 3. The lowest BCUT2D eigenvalue weighted by molar-refractivity contribution is 0.523. The Morgan fingerprint density at radius 2 is 2.04 bits per heavy atom. The van der Waals surface area contributed by atoms with Crippen LogP contribution in [0.15, 0.2) is 36.8 Å². The van der Waals surface area contributed by atoms with Crippen LogP contribution in [0.1, 0.15) is 17.7 Å². The predicted octanol–water partition coefficient (Wildman–Crippen LogP) is 3.48. The molecule has 0 amide bonds. The molecule has 3 aromatic rings. The van der Waals surface area contributed by atoms with E-state index in [4.69, 9.17) is 0 Å². The monoisotopic (exact) mass is 325 g/mol. The second-order valence-electron chi connectivity index (χ2n) is 5.89. The van der Waals surface area contributed by atoms with Gasteiger partial charge in [-0.15, -0.1) is 11.3 Å². The van der Waals surface area contributed by atoms with Crippen molar-refractivity contribution in [3.63, 3.8) is 0 Å². The van der Waals surface area contributed by atoms with E-state index < -0.39 is 0 Å². The number of nitrogens with zero attached hydrogens (tertiary/aromatic N) is 4. The first-order chi connectivity index (χ1) is 11.3. The molecule has 0 saturated carbocycles. The minimum atomic E-state index is 0.452. The first kappa shape index (κ1) is 14.4. The van der Waals surface area contributed by atoms with Crippen molar-refractivity contribution in [1.29, 1.82) is 0 Å². The molecule has 4 heterocycles. The van der Waals surface area contributed by atoms with E-state index in [1.54, 1.807) is 17.7 Å². The number of hydrogen-bond acceptors (Lipinski definition) is 6. The van der Waals surface area contributed by atoms with Crippen molar-refractivity contribution in [2.75, 3.05) is 23.3 Å². The standard InChI is InChI=1S/C17H19N5S/c1-12-10-14-16(19-11-20-17(14)23-12)21-13-5-8-22(9-6-13)15-4-2-3-7-18-15/h2-4,7,10-11,13H,5-6,8-9H2,1H3,(H,19,20,21). The highest BCUT2D eigenvalue weighted by atomic mass is 32.1. The maximum absolute atomic E-state index is 4.45. The highest BCUT2D eigenvalue weighted by molar-refractivity contribution is 7.18. The Labute approximate surface area is 139 Å². The van der Waals surface area contributed by atoms with Gasteiger partial charge in [0.05, 0.1) is 5.39 Å². The van der Waals surface area contributed by atoms with Gasteiger partial charge in [-0.3, -0.25) is 0 Å². The zero-order valence-corrected chi connectivity index (χ0v) is 13.9. The van der Waals surface area contributed by atoms with Crippen molar-refractivity contribution < 1.29 is 0 Å². The lowest BCUT2D eigenvalue weighted by Crippen LogP contribution is -2.39. The van der Waals surface area contributed by atoms with Crippen LogP contribution in [0, 0.1) is 6.92 Å². The number of hydrogen-bond donors (Lipinski definition) is 1. The molecule has 0 atom stereocenters. The molecule has 1 aliphatic rings. The average Bonchev–Trinajstić information content (AvgIpc) is 2.98. The van der Waals surface area contributed by atoms with Gasteiger partial charge in [0.25, 0.3) is 0 Å². The van der Waals surface area contributed by atoms with E-state index in [0.29, 0.717) is 6.04 Å². The number of anilines is 2. The second-order valence-corrected chi connectivity index (χ2v) is 7.13. The molecule has 118 valence electrons. The molecule has 23 heavy (non-hydrogen) atoms. The summed E-state index contributed by atoms with van der Waals surface area (Å²) >= 11 is 1.72. The van der Waals surface area contributed by atoms with E-state index in [-0.39, 0.29) is 0 Å². The molecule has 1 N–H and O–H groups in total. The largest absolute Gasteiger partial charge is 0.367 e. The van der Waals surface area contributed by atoms with Gasteiger partial charge in [-0.05, 0) is 38.0 Å². The second kappa shape index (κ2) is 6.12. The van der Waals surface area contributed by atoms with Crippen LogP contribution >= 0.6 is 11.3 Å². The van der Waals surface area contributed by atoms with E-state index in [0.717, 1.165) is 47.8 Å². The maximum Gasteiger partial charge on any atom is 0.138 e.